The first-order valence-corrected chi connectivity index (χ1v) is 4.82. The van der Waals surface area contributed by atoms with Gasteiger partial charge in [-0.25, -0.2) is 5.43 Å². The van der Waals surface area contributed by atoms with Crippen molar-refractivity contribution < 1.29 is 9.59 Å². The highest BCUT2D eigenvalue weighted by atomic mass is 16.2. The molecular weight excluding hydrogens is 168 g/mol. The molecular formula is C9H14N2O2. The van der Waals surface area contributed by atoms with Gasteiger partial charge in [0.2, 0.25) is 5.91 Å². The van der Waals surface area contributed by atoms with Gasteiger partial charge >= 0.3 is 0 Å². The molecule has 1 amide bonds. The lowest BCUT2D eigenvalue weighted by atomic mass is 9.70. The van der Waals surface area contributed by atoms with Crippen LogP contribution in [0.3, 0.4) is 0 Å². The average molecular weight is 182 g/mol. The van der Waals surface area contributed by atoms with Gasteiger partial charge in [0.1, 0.15) is 5.41 Å². The van der Waals surface area contributed by atoms with Crippen LogP contribution in [0.25, 0.3) is 0 Å². The Morgan fingerprint density at radius 3 is 2.38 bits per heavy atom. The number of hydrogen-bond donors (Lipinski definition) is 2. The van der Waals surface area contributed by atoms with Gasteiger partial charge in [0.15, 0.2) is 5.78 Å². The van der Waals surface area contributed by atoms with E-state index in [1.54, 1.807) is 0 Å². The van der Waals surface area contributed by atoms with Crippen LogP contribution in [0.1, 0.15) is 32.1 Å². The van der Waals surface area contributed by atoms with E-state index in [-0.39, 0.29) is 18.2 Å². The Hall–Kier alpha value is -0.900. The third-order valence-electron chi connectivity index (χ3n) is 3.13. The first-order valence-electron chi connectivity index (χ1n) is 4.82. The molecule has 1 heterocycles. The van der Waals surface area contributed by atoms with E-state index in [4.69, 9.17) is 0 Å². The molecule has 0 bridgehead atoms. The lowest BCUT2D eigenvalue weighted by Gasteiger charge is -2.37. The molecule has 72 valence electrons. The number of carbonyl (C=O) groups excluding carboxylic acids is 2. The number of rotatable bonds is 0. The summed E-state index contributed by atoms with van der Waals surface area (Å²) in [5.74, 6) is -0.0561. The molecule has 2 fully saturated rings. The van der Waals surface area contributed by atoms with Crippen LogP contribution in [0.5, 0.6) is 0 Å². The molecule has 4 heteroatoms. The number of carbonyl (C=O) groups is 2. The van der Waals surface area contributed by atoms with E-state index in [9.17, 15) is 9.59 Å². The molecule has 0 aromatic rings. The number of hydrogen-bond acceptors (Lipinski definition) is 3. The standard InChI is InChI=1S/C9H14N2O2/c12-7-6-10-11-8(13)9(7)4-2-1-3-5-9/h10H,1-6H2,(H,11,13). The van der Waals surface area contributed by atoms with Crippen LogP contribution < -0.4 is 10.9 Å². The van der Waals surface area contributed by atoms with Crippen LogP contribution in [-0.4, -0.2) is 18.2 Å². The summed E-state index contributed by atoms with van der Waals surface area (Å²) in [6.07, 6.45) is 4.62. The molecule has 1 saturated carbocycles. The molecule has 2 rings (SSSR count). The quantitative estimate of drug-likeness (QED) is 0.524. The molecule has 13 heavy (non-hydrogen) atoms. The molecule has 0 unspecified atom stereocenters. The number of hydrazine groups is 1. The van der Waals surface area contributed by atoms with Crippen molar-refractivity contribution in [3.63, 3.8) is 0 Å². The maximum atomic E-state index is 11.7. The molecule has 4 nitrogen and oxygen atoms in total. The summed E-state index contributed by atoms with van der Waals surface area (Å²) in [4.78, 5) is 23.2. The Balaban J connectivity index is 2.23. The first-order chi connectivity index (χ1) is 6.26. The SMILES string of the molecule is O=C1CNNC(=O)C12CCCCC2. The molecule has 2 aliphatic rings. The van der Waals surface area contributed by atoms with Gasteiger partial charge in [0.25, 0.3) is 0 Å². The third kappa shape index (κ3) is 1.25. The molecule has 1 saturated heterocycles. The number of ketones is 1. The predicted octanol–water partition coefficient (Wildman–Crippen LogP) is 0.140. The minimum atomic E-state index is -0.677. The second kappa shape index (κ2) is 3.10. The average Bonchev–Trinajstić information content (AvgIpc) is 2.16. The number of nitrogens with one attached hydrogen (secondary N) is 2. The minimum Gasteiger partial charge on any atom is -0.297 e. The van der Waals surface area contributed by atoms with Crippen LogP contribution in [0, 0.1) is 5.41 Å². The topological polar surface area (TPSA) is 58.2 Å². The van der Waals surface area contributed by atoms with Crippen molar-refractivity contribution in [2.24, 2.45) is 5.41 Å². The Morgan fingerprint density at radius 1 is 1.08 bits per heavy atom. The van der Waals surface area contributed by atoms with Gasteiger partial charge in [0, 0.05) is 0 Å². The zero-order chi connectivity index (χ0) is 9.31. The summed E-state index contributed by atoms with van der Waals surface area (Å²) in [6, 6.07) is 0. The van der Waals surface area contributed by atoms with E-state index in [2.05, 4.69) is 10.9 Å². The van der Waals surface area contributed by atoms with Gasteiger partial charge in [-0.05, 0) is 12.8 Å². The summed E-state index contributed by atoms with van der Waals surface area (Å²) in [5, 5.41) is 0. The highest BCUT2D eigenvalue weighted by molar-refractivity contribution is 6.08. The largest absolute Gasteiger partial charge is 0.297 e. The highest BCUT2D eigenvalue weighted by Crippen LogP contribution is 2.38. The minimum absolute atomic E-state index is 0.0657. The van der Waals surface area contributed by atoms with Gasteiger partial charge < -0.3 is 0 Å². The first kappa shape index (κ1) is 8.69. The number of amides is 1. The maximum Gasteiger partial charge on any atom is 0.247 e. The molecule has 0 atom stereocenters. The lowest BCUT2D eigenvalue weighted by Crippen LogP contribution is -2.60. The van der Waals surface area contributed by atoms with Crippen molar-refractivity contribution in [3.8, 4) is 0 Å². The van der Waals surface area contributed by atoms with Crippen LogP contribution in [0.15, 0.2) is 0 Å². The van der Waals surface area contributed by atoms with E-state index in [0.717, 1.165) is 32.1 Å². The highest BCUT2D eigenvalue weighted by Gasteiger charge is 2.47. The van der Waals surface area contributed by atoms with Crippen molar-refractivity contribution in [2.45, 2.75) is 32.1 Å². The maximum absolute atomic E-state index is 11.7. The van der Waals surface area contributed by atoms with Crippen LogP contribution >= 0.6 is 0 Å². The Morgan fingerprint density at radius 2 is 1.77 bits per heavy atom. The van der Waals surface area contributed by atoms with Crippen molar-refractivity contribution in [1.82, 2.24) is 10.9 Å². The van der Waals surface area contributed by atoms with Crippen LogP contribution in [-0.2, 0) is 9.59 Å². The molecule has 1 aliphatic carbocycles. The number of Topliss-reactive ketones (excluding diaryl/α,β-unsaturated/α-hetero) is 1. The normalized spacial score (nSPS) is 27.4. The van der Waals surface area contributed by atoms with Gasteiger partial charge in [-0.15, -0.1) is 0 Å². The summed E-state index contributed by atoms with van der Waals surface area (Å²) in [5.41, 5.74) is 4.49. The Bertz CT molecular complexity index is 226. The Kier molecular flexibility index (Phi) is 2.07. The van der Waals surface area contributed by atoms with Gasteiger partial charge in [-0.1, -0.05) is 19.3 Å². The molecule has 0 aromatic heterocycles. The summed E-state index contributed by atoms with van der Waals surface area (Å²) in [6.45, 7) is 0.283. The fourth-order valence-electron chi connectivity index (χ4n) is 2.28. The zero-order valence-corrected chi connectivity index (χ0v) is 7.56. The van der Waals surface area contributed by atoms with E-state index in [1.165, 1.54) is 0 Å². The fourth-order valence-corrected chi connectivity index (χ4v) is 2.28. The molecule has 0 radical (unpaired) electrons. The molecule has 0 aromatic carbocycles. The molecule has 2 N–H and O–H groups in total. The second-order valence-electron chi connectivity index (χ2n) is 3.87. The van der Waals surface area contributed by atoms with Gasteiger partial charge in [0.05, 0.1) is 6.54 Å². The monoisotopic (exact) mass is 182 g/mol. The van der Waals surface area contributed by atoms with Crippen LogP contribution in [0.2, 0.25) is 0 Å². The van der Waals surface area contributed by atoms with E-state index in [0.29, 0.717) is 0 Å². The molecule has 1 aliphatic heterocycles. The van der Waals surface area contributed by atoms with Crippen molar-refractivity contribution in [2.75, 3.05) is 6.54 Å². The predicted molar refractivity (Wildman–Crippen MR) is 46.7 cm³/mol. The summed E-state index contributed by atoms with van der Waals surface area (Å²) < 4.78 is 0. The van der Waals surface area contributed by atoms with Crippen LogP contribution in [0.4, 0.5) is 0 Å². The lowest BCUT2D eigenvalue weighted by molar-refractivity contribution is -0.148. The van der Waals surface area contributed by atoms with Crippen molar-refractivity contribution in [1.29, 1.82) is 0 Å². The van der Waals surface area contributed by atoms with Crippen molar-refractivity contribution >= 4 is 11.7 Å². The van der Waals surface area contributed by atoms with E-state index < -0.39 is 5.41 Å². The van der Waals surface area contributed by atoms with Crippen molar-refractivity contribution in [3.05, 3.63) is 0 Å². The smallest absolute Gasteiger partial charge is 0.247 e. The Labute approximate surface area is 77.0 Å². The third-order valence-corrected chi connectivity index (χ3v) is 3.13. The second-order valence-corrected chi connectivity index (χ2v) is 3.87. The summed E-state index contributed by atoms with van der Waals surface area (Å²) >= 11 is 0. The zero-order valence-electron chi connectivity index (χ0n) is 7.56. The van der Waals surface area contributed by atoms with Gasteiger partial charge in [-0.2, -0.15) is 0 Å². The fraction of sp³-hybridized carbons (Fsp3) is 0.778. The van der Waals surface area contributed by atoms with E-state index >= 15 is 0 Å². The van der Waals surface area contributed by atoms with Gasteiger partial charge in [-0.3, -0.25) is 15.0 Å². The van der Waals surface area contributed by atoms with E-state index in [1.807, 2.05) is 0 Å². The summed E-state index contributed by atoms with van der Waals surface area (Å²) in [7, 11) is 0. The molecule has 1 spiro atoms.